The average molecular weight is 344 g/mol. The van der Waals surface area contributed by atoms with Crippen molar-refractivity contribution in [2.45, 2.75) is 51.4 Å². The van der Waals surface area contributed by atoms with Crippen LogP contribution < -0.4 is 0 Å². The van der Waals surface area contributed by atoms with Crippen molar-refractivity contribution in [1.82, 2.24) is 10.1 Å². The molecule has 0 spiro atoms. The predicted molar refractivity (Wildman–Crippen MR) is 94.3 cm³/mol. The SMILES string of the molecule is C[C@@H]1CCc2noc(C3CCN(C(=O)Cc4cccs4)CC3)c2C1. The number of hydrogen-bond acceptors (Lipinski definition) is 4. The number of likely N-dealkylation sites (tertiary alicyclic amines) is 1. The maximum absolute atomic E-state index is 12.4. The van der Waals surface area contributed by atoms with Crippen LogP contribution in [0.2, 0.25) is 0 Å². The van der Waals surface area contributed by atoms with Crippen LogP contribution in [0.3, 0.4) is 0 Å². The minimum Gasteiger partial charge on any atom is -0.361 e. The van der Waals surface area contributed by atoms with Crippen LogP contribution >= 0.6 is 11.3 Å². The number of thiophene rings is 1. The molecule has 1 aliphatic carbocycles. The molecular weight excluding hydrogens is 320 g/mol. The highest BCUT2D eigenvalue weighted by molar-refractivity contribution is 7.10. The average Bonchev–Trinajstić information content (AvgIpc) is 3.24. The summed E-state index contributed by atoms with van der Waals surface area (Å²) in [5, 5.41) is 6.35. The van der Waals surface area contributed by atoms with Gasteiger partial charge in [0.1, 0.15) is 5.76 Å². The Morgan fingerprint density at radius 2 is 2.21 bits per heavy atom. The zero-order valence-corrected chi connectivity index (χ0v) is 15.0. The lowest BCUT2D eigenvalue weighted by atomic mass is 9.83. The van der Waals surface area contributed by atoms with Crippen molar-refractivity contribution in [3.05, 3.63) is 39.4 Å². The van der Waals surface area contributed by atoms with Gasteiger partial charge < -0.3 is 9.42 Å². The van der Waals surface area contributed by atoms with E-state index in [9.17, 15) is 4.79 Å². The lowest BCUT2D eigenvalue weighted by Gasteiger charge is -2.31. The van der Waals surface area contributed by atoms with Crippen LogP contribution in [-0.2, 0) is 24.1 Å². The Morgan fingerprint density at radius 1 is 1.38 bits per heavy atom. The van der Waals surface area contributed by atoms with E-state index in [-0.39, 0.29) is 5.91 Å². The Kier molecular flexibility index (Phi) is 4.44. The summed E-state index contributed by atoms with van der Waals surface area (Å²) in [5.74, 6) is 2.52. The standard InChI is InChI=1S/C19H24N2O2S/c1-13-4-5-17-16(11-13)19(23-20-17)14-6-8-21(9-7-14)18(22)12-15-3-2-10-24-15/h2-3,10,13-14H,4-9,11-12H2,1H3/t13-/m1/s1. The molecule has 128 valence electrons. The maximum Gasteiger partial charge on any atom is 0.227 e. The van der Waals surface area contributed by atoms with Gasteiger partial charge in [0.25, 0.3) is 0 Å². The van der Waals surface area contributed by atoms with Crippen LogP contribution in [0, 0.1) is 5.92 Å². The number of fused-ring (bicyclic) bond motifs is 1. The molecule has 1 aliphatic heterocycles. The zero-order chi connectivity index (χ0) is 16.5. The van der Waals surface area contributed by atoms with Gasteiger partial charge in [0.15, 0.2) is 0 Å². The molecule has 0 N–H and O–H groups in total. The van der Waals surface area contributed by atoms with Crippen LogP contribution in [-0.4, -0.2) is 29.1 Å². The Morgan fingerprint density at radius 3 is 2.96 bits per heavy atom. The molecule has 2 aromatic rings. The van der Waals surface area contributed by atoms with Crippen LogP contribution in [0.25, 0.3) is 0 Å². The summed E-state index contributed by atoms with van der Waals surface area (Å²) >= 11 is 1.66. The third kappa shape index (κ3) is 3.14. The molecule has 0 bridgehead atoms. The van der Waals surface area contributed by atoms with E-state index in [1.807, 2.05) is 22.4 Å². The molecule has 1 saturated heterocycles. The number of nitrogens with zero attached hydrogens (tertiary/aromatic N) is 2. The van der Waals surface area contributed by atoms with Crippen molar-refractivity contribution >= 4 is 17.2 Å². The topological polar surface area (TPSA) is 46.3 Å². The first-order chi connectivity index (χ1) is 11.7. The minimum atomic E-state index is 0.254. The second-order valence-electron chi connectivity index (χ2n) is 7.23. The van der Waals surface area contributed by atoms with E-state index in [4.69, 9.17) is 4.52 Å². The second-order valence-corrected chi connectivity index (χ2v) is 8.26. The molecule has 0 aromatic carbocycles. The van der Waals surface area contributed by atoms with Gasteiger partial charge >= 0.3 is 0 Å². The van der Waals surface area contributed by atoms with E-state index >= 15 is 0 Å². The van der Waals surface area contributed by atoms with Crippen LogP contribution in [0.15, 0.2) is 22.0 Å². The number of carbonyl (C=O) groups is 1. The molecular formula is C19H24N2O2S. The molecule has 1 amide bonds. The van der Waals surface area contributed by atoms with Crippen LogP contribution in [0.1, 0.15) is 54.0 Å². The lowest BCUT2D eigenvalue weighted by Crippen LogP contribution is -2.38. The molecule has 4 nitrogen and oxygen atoms in total. The van der Waals surface area contributed by atoms with Crippen molar-refractivity contribution in [3.8, 4) is 0 Å². The van der Waals surface area contributed by atoms with E-state index < -0.39 is 0 Å². The Bertz CT molecular complexity index is 699. The van der Waals surface area contributed by atoms with Crippen LogP contribution in [0.4, 0.5) is 0 Å². The monoisotopic (exact) mass is 344 g/mol. The molecule has 1 atom stereocenters. The first kappa shape index (κ1) is 15.9. The fourth-order valence-corrected chi connectivity index (χ4v) is 4.69. The minimum absolute atomic E-state index is 0.254. The summed E-state index contributed by atoms with van der Waals surface area (Å²) in [4.78, 5) is 15.6. The molecule has 2 aliphatic rings. The van der Waals surface area contributed by atoms with Gasteiger partial charge in [-0.25, -0.2) is 0 Å². The Hall–Kier alpha value is -1.62. The van der Waals surface area contributed by atoms with E-state index in [1.54, 1.807) is 11.3 Å². The second kappa shape index (κ2) is 6.71. The van der Waals surface area contributed by atoms with Gasteiger partial charge in [-0.15, -0.1) is 11.3 Å². The number of carbonyl (C=O) groups excluding carboxylic acids is 1. The van der Waals surface area contributed by atoms with Crippen molar-refractivity contribution in [2.75, 3.05) is 13.1 Å². The first-order valence-corrected chi connectivity index (χ1v) is 9.86. The van der Waals surface area contributed by atoms with E-state index in [2.05, 4.69) is 12.1 Å². The highest BCUT2D eigenvalue weighted by atomic mass is 32.1. The normalized spacial score (nSPS) is 21.7. The van der Waals surface area contributed by atoms with E-state index in [1.165, 1.54) is 17.7 Å². The van der Waals surface area contributed by atoms with Crippen molar-refractivity contribution in [3.63, 3.8) is 0 Å². The third-order valence-corrected chi connectivity index (χ3v) is 6.33. The molecule has 4 rings (SSSR count). The number of amides is 1. The lowest BCUT2D eigenvalue weighted by molar-refractivity contribution is -0.131. The number of rotatable bonds is 3. The quantitative estimate of drug-likeness (QED) is 0.850. The van der Waals surface area contributed by atoms with Crippen molar-refractivity contribution in [1.29, 1.82) is 0 Å². The van der Waals surface area contributed by atoms with Gasteiger partial charge in [-0.1, -0.05) is 18.1 Å². The fraction of sp³-hybridized carbons (Fsp3) is 0.579. The summed E-state index contributed by atoms with van der Waals surface area (Å²) in [6, 6.07) is 4.05. The van der Waals surface area contributed by atoms with E-state index in [0.717, 1.165) is 55.3 Å². The van der Waals surface area contributed by atoms with Gasteiger partial charge in [0.05, 0.1) is 12.1 Å². The molecule has 5 heteroatoms. The molecule has 0 saturated carbocycles. The maximum atomic E-state index is 12.4. The molecule has 3 heterocycles. The third-order valence-electron chi connectivity index (χ3n) is 5.45. The number of aromatic nitrogens is 1. The Labute approximate surface area is 146 Å². The molecule has 0 radical (unpaired) electrons. The highest BCUT2D eigenvalue weighted by Gasteiger charge is 2.31. The molecule has 24 heavy (non-hydrogen) atoms. The Balaban J connectivity index is 1.38. The molecule has 2 aromatic heterocycles. The van der Waals surface area contributed by atoms with Gasteiger partial charge in [-0.05, 0) is 49.5 Å². The summed E-state index contributed by atoms with van der Waals surface area (Å²) in [5.41, 5.74) is 2.55. The number of hydrogen-bond donors (Lipinski definition) is 0. The smallest absolute Gasteiger partial charge is 0.227 e. The first-order valence-electron chi connectivity index (χ1n) is 8.98. The summed E-state index contributed by atoms with van der Waals surface area (Å²) < 4.78 is 5.73. The van der Waals surface area contributed by atoms with Gasteiger partial charge in [-0.2, -0.15) is 0 Å². The van der Waals surface area contributed by atoms with Crippen LogP contribution in [0.5, 0.6) is 0 Å². The molecule has 1 fully saturated rings. The number of aryl methyl sites for hydroxylation is 1. The zero-order valence-electron chi connectivity index (χ0n) is 14.2. The number of piperidine rings is 1. The molecule has 0 unspecified atom stereocenters. The van der Waals surface area contributed by atoms with Crippen molar-refractivity contribution in [2.24, 2.45) is 5.92 Å². The van der Waals surface area contributed by atoms with Gasteiger partial charge in [0.2, 0.25) is 5.91 Å². The van der Waals surface area contributed by atoms with Crippen molar-refractivity contribution < 1.29 is 9.32 Å². The highest BCUT2D eigenvalue weighted by Crippen LogP contribution is 2.36. The van der Waals surface area contributed by atoms with Gasteiger partial charge in [-0.3, -0.25) is 4.79 Å². The predicted octanol–water partition coefficient (Wildman–Crippen LogP) is 3.81. The summed E-state index contributed by atoms with van der Waals surface area (Å²) in [7, 11) is 0. The van der Waals surface area contributed by atoms with Gasteiger partial charge in [0, 0.05) is 29.4 Å². The summed E-state index contributed by atoms with van der Waals surface area (Å²) in [6.45, 7) is 3.98. The fourth-order valence-electron chi connectivity index (χ4n) is 3.99. The van der Waals surface area contributed by atoms with E-state index in [0.29, 0.717) is 12.3 Å². The summed E-state index contributed by atoms with van der Waals surface area (Å²) in [6.07, 6.45) is 5.90. The largest absolute Gasteiger partial charge is 0.361 e.